The molecule has 23 heavy (non-hydrogen) atoms. The van der Waals surface area contributed by atoms with Crippen molar-refractivity contribution in [3.8, 4) is 0 Å². The minimum Gasteiger partial charge on any atom is -0.347 e. The van der Waals surface area contributed by atoms with Gasteiger partial charge in [-0.15, -0.1) is 0 Å². The van der Waals surface area contributed by atoms with Gasteiger partial charge in [-0.25, -0.2) is 13.4 Å². The normalized spacial score (nSPS) is 21.9. The smallest absolute Gasteiger partial charge is 0.239 e. The van der Waals surface area contributed by atoms with Crippen molar-refractivity contribution in [3.63, 3.8) is 0 Å². The molecule has 2 aromatic rings. The van der Waals surface area contributed by atoms with Crippen LogP contribution in [0.15, 0.2) is 41.6 Å². The molecule has 0 saturated carbocycles. The Balaban J connectivity index is 1.70. The second kappa shape index (κ2) is 5.62. The van der Waals surface area contributed by atoms with Gasteiger partial charge < -0.3 is 4.98 Å². The maximum absolute atomic E-state index is 13.1. The van der Waals surface area contributed by atoms with Gasteiger partial charge in [0.15, 0.2) is 0 Å². The van der Waals surface area contributed by atoms with Crippen LogP contribution in [0.3, 0.4) is 0 Å². The molecule has 1 aromatic carbocycles. The van der Waals surface area contributed by atoms with Gasteiger partial charge in [0.1, 0.15) is 5.82 Å². The van der Waals surface area contributed by atoms with Crippen molar-refractivity contribution < 1.29 is 8.42 Å². The number of aromatic amines is 1. The molecule has 1 aliphatic heterocycles. The number of rotatable bonds is 3. The molecule has 1 aliphatic carbocycles. The van der Waals surface area contributed by atoms with Crippen molar-refractivity contribution in [2.75, 3.05) is 6.54 Å². The standard InChI is InChI=1S/C17H19N3O2S/c21-23(22,15-8-7-13-4-1-2-5-14(13)12-15)20-11-3-6-16(20)17-18-9-10-19-17/h1-2,4-5,9-10,12,16H,3,6-8,11H2,(H,18,19)/t16-/m0/s1. The summed E-state index contributed by atoms with van der Waals surface area (Å²) in [7, 11) is -3.45. The summed E-state index contributed by atoms with van der Waals surface area (Å²) in [6.07, 6.45) is 8.29. The monoisotopic (exact) mass is 329 g/mol. The molecule has 1 saturated heterocycles. The second-order valence-corrected chi connectivity index (χ2v) is 8.00. The van der Waals surface area contributed by atoms with Crippen LogP contribution >= 0.6 is 0 Å². The summed E-state index contributed by atoms with van der Waals surface area (Å²) in [5, 5.41) is 0. The largest absolute Gasteiger partial charge is 0.347 e. The Kier molecular flexibility index (Phi) is 3.58. The summed E-state index contributed by atoms with van der Waals surface area (Å²) in [5.41, 5.74) is 2.24. The van der Waals surface area contributed by atoms with E-state index in [4.69, 9.17) is 0 Å². The number of sulfonamides is 1. The van der Waals surface area contributed by atoms with E-state index in [2.05, 4.69) is 16.0 Å². The van der Waals surface area contributed by atoms with Gasteiger partial charge in [0, 0.05) is 18.9 Å². The Morgan fingerprint density at radius 3 is 2.91 bits per heavy atom. The summed E-state index contributed by atoms with van der Waals surface area (Å²) in [6, 6.07) is 7.83. The molecule has 6 heteroatoms. The highest BCUT2D eigenvalue weighted by atomic mass is 32.2. The predicted molar refractivity (Wildman–Crippen MR) is 88.9 cm³/mol. The van der Waals surface area contributed by atoms with Gasteiger partial charge >= 0.3 is 0 Å². The molecule has 1 fully saturated rings. The van der Waals surface area contributed by atoms with E-state index in [0.717, 1.165) is 30.7 Å². The fourth-order valence-corrected chi connectivity index (χ4v) is 5.37. The zero-order chi connectivity index (χ0) is 15.9. The molecule has 1 atom stereocenters. The lowest BCUT2D eigenvalue weighted by atomic mass is 9.98. The maximum atomic E-state index is 13.1. The number of hydrogen-bond donors (Lipinski definition) is 1. The molecule has 0 spiro atoms. The summed E-state index contributed by atoms with van der Waals surface area (Å²) >= 11 is 0. The highest BCUT2D eigenvalue weighted by molar-refractivity contribution is 7.93. The lowest BCUT2D eigenvalue weighted by Crippen LogP contribution is -2.32. The lowest BCUT2D eigenvalue weighted by molar-refractivity contribution is 0.388. The van der Waals surface area contributed by atoms with Crippen LogP contribution in [0.1, 0.15) is 42.3 Å². The molecule has 1 aromatic heterocycles. The Hall–Kier alpha value is -1.92. The van der Waals surface area contributed by atoms with Gasteiger partial charge in [-0.1, -0.05) is 24.3 Å². The number of aryl methyl sites for hydroxylation is 1. The van der Waals surface area contributed by atoms with E-state index in [1.807, 2.05) is 24.3 Å². The molecule has 2 heterocycles. The quantitative estimate of drug-likeness (QED) is 0.941. The molecule has 120 valence electrons. The van der Waals surface area contributed by atoms with Gasteiger partial charge in [0.25, 0.3) is 0 Å². The number of allylic oxidation sites excluding steroid dienone is 1. The zero-order valence-corrected chi connectivity index (χ0v) is 13.6. The van der Waals surface area contributed by atoms with Gasteiger partial charge in [-0.05, 0) is 42.9 Å². The Morgan fingerprint density at radius 2 is 2.09 bits per heavy atom. The van der Waals surface area contributed by atoms with Gasteiger partial charge in [0.05, 0.1) is 10.9 Å². The van der Waals surface area contributed by atoms with Crippen molar-refractivity contribution >= 4 is 16.1 Å². The average molecular weight is 329 g/mol. The third-order valence-corrected chi connectivity index (χ3v) is 6.73. The number of nitrogens with one attached hydrogen (secondary N) is 1. The van der Waals surface area contributed by atoms with E-state index in [1.165, 1.54) is 5.56 Å². The van der Waals surface area contributed by atoms with Crippen LogP contribution in [0.2, 0.25) is 0 Å². The average Bonchev–Trinajstić information content (AvgIpc) is 3.25. The van der Waals surface area contributed by atoms with E-state index in [0.29, 0.717) is 17.9 Å². The molecular weight excluding hydrogens is 310 g/mol. The number of aromatic nitrogens is 2. The first-order chi connectivity index (χ1) is 11.2. The van der Waals surface area contributed by atoms with Crippen molar-refractivity contribution in [2.24, 2.45) is 0 Å². The number of nitrogens with zero attached hydrogens (tertiary/aromatic N) is 2. The molecular formula is C17H19N3O2S. The molecule has 0 unspecified atom stereocenters. The van der Waals surface area contributed by atoms with Gasteiger partial charge in [0.2, 0.25) is 10.0 Å². The number of H-pyrrole nitrogens is 1. The maximum Gasteiger partial charge on any atom is 0.239 e. The molecule has 2 aliphatic rings. The summed E-state index contributed by atoms with van der Waals surface area (Å²) in [4.78, 5) is 7.85. The third kappa shape index (κ3) is 2.52. The van der Waals surface area contributed by atoms with Crippen LogP contribution in [0, 0.1) is 0 Å². The lowest BCUT2D eigenvalue weighted by Gasteiger charge is -2.26. The first-order valence-electron chi connectivity index (χ1n) is 7.96. The summed E-state index contributed by atoms with van der Waals surface area (Å²) < 4.78 is 27.9. The summed E-state index contributed by atoms with van der Waals surface area (Å²) in [5.74, 6) is 0.739. The zero-order valence-electron chi connectivity index (χ0n) is 12.8. The fraction of sp³-hybridized carbons (Fsp3) is 0.353. The van der Waals surface area contributed by atoms with E-state index < -0.39 is 10.0 Å². The second-order valence-electron chi connectivity index (χ2n) is 6.06. The van der Waals surface area contributed by atoms with Crippen LogP contribution < -0.4 is 0 Å². The topological polar surface area (TPSA) is 66.1 Å². The number of imidazole rings is 1. The van der Waals surface area contributed by atoms with E-state index in [1.54, 1.807) is 16.7 Å². The minimum absolute atomic E-state index is 0.173. The molecule has 0 radical (unpaired) electrons. The molecule has 5 nitrogen and oxygen atoms in total. The predicted octanol–water partition coefficient (Wildman–Crippen LogP) is 2.86. The first kappa shape index (κ1) is 14.7. The Morgan fingerprint density at radius 1 is 1.22 bits per heavy atom. The van der Waals surface area contributed by atoms with Gasteiger partial charge in [-0.3, -0.25) is 0 Å². The van der Waals surface area contributed by atoms with E-state index in [-0.39, 0.29) is 6.04 Å². The fourth-order valence-electron chi connectivity index (χ4n) is 3.52. The highest BCUT2D eigenvalue weighted by Crippen LogP contribution is 2.37. The van der Waals surface area contributed by atoms with Crippen molar-refractivity contribution in [1.82, 2.24) is 14.3 Å². The first-order valence-corrected chi connectivity index (χ1v) is 9.40. The van der Waals surface area contributed by atoms with Crippen molar-refractivity contribution in [2.45, 2.75) is 31.7 Å². The molecule has 1 N–H and O–H groups in total. The van der Waals surface area contributed by atoms with Crippen LogP contribution in [0.4, 0.5) is 0 Å². The highest BCUT2D eigenvalue weighted by Gasteiger charge is 2.38. The third-order valence-electron chi connectivity index (χ3n) is 4.69. The van der Waals surface area contributed by atoms with Gasteiger partial charge in [-0.2, -0.15) is 4.31 Å². The number of hydrogen-bond acceptors (Lipinski definition) is 3. The SMILES string of the molecule is O=S(=O)(C1=Cc2ccccc2CC1)N1CCC[C@H]1c1ncc[nH]1. The molecule has 0 amide bonds. The van der Waals surface area contributed by atoms with Crippen LogP contribution in [0.5, 0.6) is 0 Å². The van der Waals surface area contributed by atoms with Crippen LogP contribution in [-0.2, 0) is 16.4 Å². The van der Waals surface area contributed by atoms with Crippen LogP contribution in [0.25, 0.3) is 6.08 Å². The molecule has 0 bridgehead atoms. The van der Waals surface area contributed by atoms with E-state index in [9.17, 15) is 8.42 Å². The molecule has 4 rings (SSSR count). The van der Waals surface area contributed by atoms with E-state index >= 15 is 0 Å². The minimum atomic E-state index is -3.45. The number of benzene rings is 1. The number of fused-ring (bicyclic) bond motifs is 1. The Bertz CT molecular complexity index is 840. The summed E-state index contributed by atoms with van der Waals surface area (Å²) in [6.45, 7) is 0.562. The Labute approximate surface area is 136 Å². The van der Waals surface area contributed by atoms with Crippen molar-refractivity contribution in [3.05, 3.63) is 58.5 Å². The van der Waals surface area contributed by atoms with Crippen LogP contribution in [-0.4, -0.2) is 29.2 Å². The van der Waals surface area contributed by atoms with Crippen molar-refractivity contribution in [1.29, 1.82) is 0 Å².